The van der Waals surface area contributed by atoms with Crippen LogP contribution >= 0.6 is 11.8 Å². The molecular formula is C30H33F5N4O4S. The molecule has 2 aliphatic heterocycles. The summed E-state index contributed by atoms with van der Waals surface area (Å²) in [7, 11) is 1.45. The summed E-state index contributed by atoms with van der Waals surface area (Å²) in [6, 6.07) is 1.86. The zero-order valence-electron chi connectivity index (χ0n) is 25.1. The first-order valence-electron chi connectivity index (χ1n) is 14.1. The van der Waals surface area contributed by atoms with Gasteiger partial charge in [0, 0.05) is 53.4 Å². The molecule has 5 rings (SSSR count). The molecule has 8 nitrogen and oxygen atoms in total. The van der Waals surface area contributed by atoms with Crippen molar-refractivity contribution < 1.29 is 36.2 Å². The minimum atomic E-state index is -4.93. The molecule has 0 saturated carbocycles. The van der Waals surface area contributed by atoms with E-state index in [2.05, 4.69) is 4.98 Å². The van der Waals surface area contributed by atoms with E-state index in [9.17, 15) is 27.2 Å². The van der Waals surface area contributed by atoms with E-state index in [-0.39, 0.29) is 47.1 Å². The number of hydrogen-bond donors (Lipinski definition) is 0. The second-order valence-electron chi connectivity index (χ2n) is 12.1. The Kier molecular flexibility index (Phi) is 8.38. The number of aromatic nitrogens is 2. The largest absolute Gasteiger partial charge is 0.444 e. The Morgan fingerprint density at radius 2 is 1.75 bits per heavy atom. The Balaban J connectivity index is 1.75. The number of carbonyl (C=O) groups excluding carboxylic acids is 1. The maximum absolute atomic E-state index is 15.1. The number of nitrogens with zero attached hydrogens (tertiary/aromatic N) is 4. The Morgan fingerprint density at radius 3 is 2.32 bits per heavy atom. The lowest BCUT2D eigenvalue weighted by Gasteiger charge is -2.45. The van der Waals surface area contributed by atoms with Gasteiger partial charge in [-0.25, -0.2) is 18.4 Å². The van der Waals surface area contributed by atoms with Crippen molar-refractivity contribution in [2.75, 3.05) is 37.5 Å². The van der Waals surface area contributed by atoms with Gasteiger partial charge in [-0.3, -0.25) is 9.47 Å². The summed E-state index contributed by atoms with van der Waals surface area (Å²) in [6.45, 7) is 9.24. The zero-order chi connectivity index (χ0) is 32.3. The molecule has 3 atom stereocenters. The summed E-state index contributed by atoms with van der Waals surface area (Å²) in [4.78, 5) is 34.2. The number of methoxy groups -OCH3 is 1. The van der Waals surface area contributed by atoms with Crippen LogP contribution in [0.15, 0.2) is 34.0 Å². The maximum Gasteiger partial charge on any atom is 0.417 e. The van der Waals surface area contributed by atoms with Gasteiger partial charge in [-0.15, -0.1) is 11.8 Å². The summed E-state index contributed by atoms with van der Waals surface area (Å²) in [6.07, 6.45) is -5.45. The Labute approximate surface area is 255 Å². The van der Waals surface area contributed by atoms with Crippen molar-refractivity contribution >= 4 is 34.6 Å². The van der Waals surface area contributed by atoms with E-state index in [1.807, 2.05) is 0 Å². The first-order chi connectivity index (χ1) is 20.5. The molecule has 0 bridgehead atoms. The lowest BCUT2D eigenvalue weighted by molar-refractivity contribution is -0.137. The molecule has 0 spiro atoms. The highest BCUT2D eigenvalue weighted by molar-refractivity contribution is 7.99. The van der Waals surface area contributed by atoms with Crippen LogP contribution in [-0.2, 0) is 15.7 Å². The van der Waals surface area contributed by atoms with E-state index in [0.29, 0.717) is 6.07 Å². The monoisotopic (exact) mass is 640 g/mol. The van der Waals surface area contributed by atoms with Crippen LogP contribution in [0.3, 0.4) is 0 Å². The molecule has 44 heavy (non-hydrogen) atoms. The zero-order valence-corrected chi connectivity index (χ0v) is 25.9. The van der Waals surface area contributed by atoms with Gasteiger partial charge in [0.1, 0.15) is 23.1 Å². The van der Waals surface area contributed by atoms with Gasteiger partial charge in [0.15, 0.2) is 0 Å². The van der Waals surface area contributed by atoms with E-state index >= 15 is 4.39 Å². The Morgan fingerprint density at radius 1 is 1.09 bits per heavy atom. The van der Waals surface area contributed by atoms with Crippen LogP contribution in [-0.4, -0.2) is 70.8 Å². The van der Waals surface area contributed by atoms with Gasteiger partial charge in [0.05, 0.1) is 35.8 Å². The number of alkyl halides is 3. The fraction of sp³-hybridized carbons (Fsp3) is 0.500. The highest BCUT2D eigenvalue weighted by atomic mass is 32.2. The summed E-state index contributed by atoms with van der Waals surface area (Å²) >= 11 is 1.05. The predicted octanol–water partition coefficient (Wildman–Crippen LogP) is 6.49. The van der Waals surface area contributed by atoms with Crippen molar-refractivity contribution in [2.45, 2.75) is 69.4 Å². The maximum atomic E-state index is 15.1. The van der Waals surface area contributed by atoms with E-state index in [1.54, 1.807) is 44.4 Å². The topological polar surface area (TPSA) is 76.9 Å². The van der Waals surface area contributed by atoms with Crippen LogP contribution in [0.5, 0.6) is 0 Å². The van der Waals surface area contributed by atoms with Crippen molar-refractivity contribution in [3.8, 4) is 11.1 Å². The number of ether oxygens (including phenoxy) is 2. The van der Waals surface area contributed by atoms with Crippen molar-refractivity contribution in [2.24, 2.45) is 0 Å². The van der Waals surface area contributed by atoms with Crippen molar-refractivity contribution in [1.29, 1.82) is 0 Å². The molecule has 1 saturated heterocycles. The average molecular weight is 641 g/mol. The van der Waals surface area contributed by atoms with E-state index in [0.717, 1.165) is 30.0 Å². The second-order valence-corrected chi connectivity index (χ2v) is 13.2. The number of halogens is 5. The first-order valence-corrected chi connectivity index (χ1v) is 15.0. The van der Waals surface area contributed by atoms with Gasteiger partial charge in [-0.05, 0) is 52.8 Å². The van der Waals surface area contributed by atoms with Gasteiger partial charge >= 0.3 is 18.0 Å². The van der Waals surface area contributed by atoms with Crippen LogP contribution < -0.4 is 10.6 Å². The van der Waals surface area contributed by atoms with Crippen LogP contribution in [0.25, 0.3) is 22.0 Å². The normalized spacial score (nSPS) is 20.8. The summed E-state index contributed by atoms with van der Waals surface area (Å²) in [5.74, 6) is -1.90. The lowest BCUT2D eigenvalue weighted by Crippen LogP contribution is -2.60. The SMILES string of the molecule is COC[C@H]1CSc2c(-c3ccc(F)cc3F)c(C(F)(F)F)cc3c(N4CC(C)N(C(=O)OC(C)(C)C)C(C)C4)nc(=O)n1c23. The molecule has 238 valence electrons. The van der Waals surface area contributed by atoms with Gasteiger partial charge in [-0.2, -0.15) is 18.2 Å². The minimum absolute atomic E-state index is 0.0281. The van der Waals surface area contributed by atoms with Crippen LogP contribution in [0, 0.1) is 11.6 Å². The van der Waals surface area contributed by atoms with Crippen LogP contribution in [0.2, 0.25) is 0 Å². The lowest BCUT2D eigenvalue weighted by atomic mass is 9.95. The summed E-state index contributed by atoms with van der Waals surface area (Å²) in [5.41, 5.74) is -3.29. The van der Waals surface area contributed by atoms with Crippen LogP contribution in [0.4, 0.5) is 32.6 Å². The van der Waals surface area contributed by atoms with Gasteiger partial charge in [0.2, 0.25) is 0 Å². The number of hydrogen-bond acceptors (Lipinski definition) is 7. The van der Waals surface area contributed by atoms with Gasteiger partial charge in [0.25, 0.3) is 0 Å². The van der Waals surface area contributed by atoms with Crippen LogP contribution in [0.1, 0.15) is 46.2 Å². The van der Waals surface area contributed by atoms with Crippen molar-refractivity contribution in [3.63, 3.8) is 0 Å². The first kappa shape index (κ1) is 32.0. The number of rotatable bonds is 4. The van der Waals surface area contributed by atoms with E-state index in [1.165, 1.54) is 11.7 Å². The fourth-order valence-electron chi connectivity index (χ4n) is 6.00. The van der Waals surface area contributed by atoms with E-state index < -0.39 is 70.0 Å². The molecule has 0 radical (unpaired) electrons. The molecule has 1 fully saturated rings. The Bertz CT molecular complexity index is 1660. The predicted molar refractivity (Wildman–Crippen MR) is 157 cm³/mol. The standard InChI is InChI=1S/C30H33F5N4O4S/c1-15-11-37(12-16(2)38(15)28(41)43-29(3,4)5)26-20-10-21(30(33,34)35)23(19-8-7-17(31)9-22(19)32)25-24(20)39(27(40)36-26)18(13-42-6)14-44-25/h7-10,15-16,18H,11-14H2,1-6H3/t15?,16?,18-/m0/s1. The quantitative estimate of drug-likeness (QED) is 0.302. The molecule has 0 aliphatic carbocycles. The number of benzene rings is 2. The summed E-state index contributed by atoms with van der Waals surface area (Å²) < 4.78 is 85.4. The highest BCUT2D eigenvalue weighted by Gasteiger charge is 2.41. The minimum Gasteiger partial charge on any atom is -0.444 e. The number of piperazine rings is 1. The summed E-state index contributed by atoms with van der Waals surface area (Å²) in [5, 5.41) is 0.0524. The third-order valence-electron chi connectivity index (χ3n) is 7.62. The van der Waals surface area contributed by atoms with Gasteiger partial charge in [-0.1, -0.05) is 0 Å². The molecular weight excluding hydrogens is 607 g/mol. The molecule has 2 aromatic carbocycles. The molecule has 1 amide bonds. The number of amides is 1. The molecule has 1 aromatic heterocycles. The third-order valence-corrected chi connectivity index (χ3v) is 8.86. The number of anilines is 1. The highest BCUT2D eigenvalue weighted by Crippen LogP contribution is 2.50. The fourth-order valence-corrected chi connectivity index (χ4v) is 7.31. The number of thioether (sulfide) groups is 1. The molecule has 2 unspecified atom stereocenters. The molecule has 2 aliphatic rings. The number of carbonyl (C=O) groups is 1. The Hall–Kier alpha value is -3.39. The molecule has 3 aromatic rings. The van der Waals surface area contributed by atoms with E-state index in [4.69, 9.17) is 9.47 Å². The van der Waals surface area contributed by atoms with Gasteiger partial charge < -0.3 is 14.4 Å². The molecule has 0 N–H and O–H groups in total. The third kappa shape index (κ3) is 5.85. The van der Waals surface area contributed by atoms with Crippen molar-refractivity contribution in [3.05, 3.63) is 51.9 Å². The van der Waals surface area contributed by atoms with Crippen molar-refractivity contribution in [1.82, 2.24) is 14.5 Å². The smallest absolute Gasteiger partial charge is 0.417 e. The average Bonchev–Trinajstić information content (AvgIpc) is 2.89. The molecule has 14 heteroatoms. The molecule has 3 heterocycles. The second kappa shape index (κ2) is 11.5.